The molecule has 0 aliphatic heterocycles. The van der Waals surface area contributed by atoms with Gasteiger partial charge in [-0.2, -0.15) is 5.10 Å². The van der Waals surface area contributed by atoms with E-state index in [4.69, 9.17) is 0 Å². The molecule has 0 spiro atoms. The largest absolute Gasteiger partial charge is 0.384 e. The monoisotopic (exact) mass is 207 g/mol. The van der Waals surface area contributed by atoms with Gasteiger partial charge in [0.1, 0.15) is 11.3 Å². The number of aryl methyl sites for hydroxylation is 1. The number of rotatable bonds is 2. The van der Waals surface area contributed by atoms with Crippen molar-refractivity contribution in [2.45, 2.75) is 19.4 Å². The molecule has 6 nitrogen and oxygen atoms in total. The average Bonchev–Trinajstić information content (AvgIpc) is 2.69. The molecule has 6 heteroatoms. The van der Waals surface area contributed by atoms with Crippen molar-refractivity contribution in [3.05, 3.63) is 24.2 Å². The quantitative estimate of drug-likeness (QED) is 0.765. The summed E-state index contributed by atoms with van der Waals surface area (Å²) in [6, 6.07) is 1.82. The van der Waals surface area contributed by atoms with Gasteiger partial charge in [0, 0.05) is 19.3 Å². The fourth-order valence-corrected chi connectivity index (χ4v) is 1.18. The fourth-order valence-electron chi connectivity index (χ4n) is 1.18. The van der Waals surface area contributed by atoms with Crippen LogP contribution in [0.3, 0.4) is 0 Å². The van der Waals surface area contributed by atoms with Gasteiger partial charge in [-0.15, -0.1) is 5.10 Å². The van der Waals surface area contributed by atoms with Gasteiger partial charge in [-0.3, -0.25) is 4.68 Å². The Labute approximate surface area is 87.1 Å². The molecule has 2 aromatic rings. The zero-order valence-corrected chi connectivity index (χ0v) is 8.92. The van der Waals surface area contributed by atoms with Crippen LogP contribution in [0.2, 0.25) is 0 Å². The highest BCUT2D eigenvalue weighted by Crippen LogP contribution is 2.16. The van der Waals surface area contributed by atoms with Crippen LogP contribution in [-0.4, -0.2) is 29.9 Å². The Hall–Kier alpha value is -1.69. The molecule has 0 bridgehead atoms. The van der Waals surface area contributed by atoms with Crippen LogP contribution in [0, 0.1) is 0 Å². The first-order valence-corrected chi connectivity index (χ1v) is 4.62. The van der Waals surface area contributed by atoms with Crippen LogP contribution in [0.1, 0.15) is 19.5 Å². The van der Waals surface area contributed by atoms with Gasteiger partial charge in [0.25, 0.3) is 0 Å². The Morgan fingerprint density at radius 3 is 2.60 bits per heavy atom. The van der Waals surface area contributed by atoms with E-state index in [2.05, 4.69) is 15.4 Å². The maximum Gasteiger partial charge on any atom is 0.176 e. The van der Waals surface area contributed by atoms with E-state index in [0.717, 1.165) is 0 Å². The summed E-state index contributed by atoms with van der Waals surface area (Å²) >= 11 is 0. The van der Waals surface area contributed by atoms with E-state index in [0.29, 0.717) is 11.5 Å². The summed E-state index contributed by atoms with van der Waals surface area (Å²) in [4.78, 5) is 0. The first-order chi connectivity index (χ1) is 6.97. The van der Waals surface area contributed by atoms with Crippen molar-refractivity contribution in [3.63, 3.8) is 0 Å². The van der Waals surface area contributed by atoms with Gasteiger partial charge in [-0.05, 0) is 13.8 Å². The van der Waals surface area contributed by atoms with Gasteiger partial charge in [0.05, 0.1) is 6.20 Å². The molecule has 0 saturated heterocycles. The number of aromatic nitrogens is 5. The Morgan fingerprint density at radius 1 is 1.40 bits per heavy atom. The highest BCUT2D eigenvalue weighted by atomic mass is 16.3. The second-order valence-corrected chi connectivity index (χ2v) is 3.95. The molecule has 0 atom stereocenters. The van der Waals surface area contributed by atoms with Crippen molar-refractivity contribution in [1.29, 1.82) is 0 Å². The molecule has 0 unspecified atom stereocenters. The number of hydrogen-bond acceptors (Lipinski definition) is 4. The van der Waals surface area contributed by atoms with Crippen molar-refractivity contribution in [2.75, 3.05) is 0 Å². The van der Waals surface area contributed by atoms with Gasteiger partial charge in [0.2, 0.25) is 0 Å². The first-order valence-electron chi connectivity index (χ1n) is 4.62. The van der Waals surface area contributed by atoms with E-state index in [1.807, 2.05) is 19.3 Å². The molecular formula is C9H13N5O. The molecule has 2 rings (SSSR count). The molecule has 0 aromatic carbocycles. The van der Waals surface area contributed by atoms with Crippen molar-refractivity contribution in [3.8, 4) is 5.82 Å². The van der Waals surface area contributed by atoms with Crippen LogP contribution < -0.4 is 0 Å². The minimum Gasteiger partial charge on any atom is -0.384 e. The highest BCUT2D eigenvalue weighted by molar-refractivity contribution is 5.19. The summed E-state index contributed by atoms with van der Waals surface area (Å²) in [7, 11) is 1.83. The van der Waals surface area contributed by atoms with Crippen LogP contribution in [0.4, 0.5) is 0 Å². The Kier molecular flexibility index (Phi) is 2.08. The van der Waals surface area contributed by atoms with Crippen molar-refractivity contribution in [2.24, 2.45) is 7.05 Å². The third kappa shape index (κ3) is 1.89. The molecule has 1 N–H and O–H groups in total. The van der Waals surface area contributed by atoms with Crippen LogP contribution in [-0.2, 0) is 12.6 Å². The molecule has 0 aliphatic carbocycles. The minimum atomic E-state index is -0.979. The lowest BCUT2D eigenvalue weighted by molar-refractivity contribution is 0.0737. The fraction of sp³-hybridized carbons (Fsp3) is 0.444. The maximum atomic E-state index is 9.71. The molecule has 0 fully saturated rings. The van der Waals surface area contributed by atoms with Crippen LogP contribution in [0.5, 0.6) is 0 Å². The molecule has 0 aliphatic rings. The predicted octanol–water partition coefficient (Wildman–Crippen LogP) is 0.228. The van der Waals surface area contributed by atoms with E-state index in [-0.39, 0.29) is 0 Å². The summed E-state index contributed by atoms with van der Waals surface area (Å²) < 4.78 is 3.22. The lowest BCUT2D eigenvalue weighted by Gasteiger charge is -2.11. The maximum absolute atomic E-state index is 9.71. The average molecular weight is 207 g/mol. The normalized spacial score (nSPS) is 12.0. The summed E-state index contributed by atoms with van der Waals surface area (Å²) in [5.74, 6) is 0.681. The van der Waals surface area contributed by atoms with Crippen LogP contribution in [0.15, 0.2) is 18.5 Å². The summed E-state index contributed by atoms with van der Waals surface area (Å²) in [6.07, 6.45) is 3.49. The van der Waals surface area contributed by atoms with Gasteiger partial charge >= 0.3 is 0 Å². The Bertz CT molecular complexity index is 465. The van der Waals surface area contributed by atoms with E-state index < -0.39 is 5.60 Å². The molecule has 2 heterocycles. The number of nitrogens with zero attached hydrogens (tertiary/aromatic N) is 5. The van der Waals surface area contributed by atoms with Crippen molar-refractivity contribution >= 4 is 0 Å². The number of aliphatic hydroxyl groups is 1. The first kappa shape index (κ1) is 9.85. The topological polar surface area (TPSA) is 68.8 Å². The van der Waals surface area contributed by atoms with Crippen molar-refractivity contribution < 1.29 is 5.11 Å². The summed E-state index contributed by atoms with van der Waals surface area (Å²) in [5, 5.41) is 21.7. The molecule has 0 amide bonds. The van der Waals surface area contributed by atoms with Crippen LogP contribution in [0.25, 0.3) is 5.82 Å². The SMILES string of the molecule is Cn1ccc(-n2cc(C(C)(C)O)nn2)n1. The standard InChI is InChI=1S/C9H13N5O/c1-9(2,15)7-6-14(12-10-7)8-4-5-13(3)11-8/h4-6,15H,1-3H3. The molecule has 80 valence electrons. The third-order valence-corrected chi connectivity index (χ3v) is 2.05. The Morgan fingerprint density at radius 2 is 2.13 bits per heavy atom. The van der Waals surface area contributed by atoms with E-state index in [1.54, 1.807) is 24.7 Å². The third-order valence-electron chi connectivity index (χ3n) is 2.05. The zero-order chi connectivity index (χ0) is 11.1. The number of hydrogen-bond donors (Lipinski definition) is 1. The molecular weight excluding hydrogens is 194 g/mol. The van der Waals surface area contributed by atoms with Gasteiger partial charge in [-0.1, -0.05) is 5.21 Å². The molecule has 0 radical (unpaired) electrons. The van der Waals surface area contributed by atoms with Gasteiger partial charge in [-0.25, -0.2) is 4.68 Å². The minimum absolute atomic E-state index is 0.521. The van der Waals surface area contributed by atoms with Crippen molar-refractivity contribution in [1.82, 2.24) is 24.8 Å². The highest BCUT2D eigenvalue weighted by Gasteiger charge is 2.20. The van der Waals surface area contributed by atoms with E-state index >= 15 is 0 Å². The molecule has 15 heavy (non-hydrogen) atoms. The molecule has 0 saturated carbocycles. The van der Waals surface area contributed by atoms with Gasteiger partial charge < -0.3 is 5.11 Å². The van der Waals surface area contributed by atoms with Crippen LogP contribution >= 0.6 is 0 Å². The summed E-state index contributed by atoms with van der Waals surface area (Å²) in [5.41, 5.74) is -0.458. The molecule has 2 aromatic heterocycles. The lowest BCUT2D eigenvalue weighted by atomic mass is 10.1. The lowest BCUT2D eigenvalue weighted by Crippen LogP contribution is -2.15. The van der Waals surface area contributed by atoms with E-state index in [9.17, 15) is 5.11 Å². The second-order valence-electron chi connectivity index (χ2n) is 3.95. The van der Waals surface area contributed by atoms with Gasteiger partial charge in [0.15, 0.2) is 5.82 Å². The predicted molar refractivity (Wildman–Crippen MR) is 53.4 cm³/mol. The second kappa shape index (κ2) is 3.16. The Balaban J connectivity index is 2.36. The summed E-state index contributed by atoms with van der Waals surface area (Å²) in [6.45, 7) is 3.33. The smallest absolute Gasteiger partial charge is 0.176 e. The van der Waals surface area contributed by atoms with E-state index in [1.165, 1.54) is 4.68 Å². The zero-order valence-electron chi connectivity index (χ0n) is 8.92.